The van der Waals surface area contributed by atoms with E-state index in [-0.39, 0.29) is 24.0 Å². The first-order chi connectivity index (χ1) is 15.6. The van der Waals surface area contributed by atoms with Gasteiger partial charge in [-0.15, -0.1) is 0 Å². The second kappa shape index (κ2) is 10.3. The fourth-order valence-electron chi connectivity index (χ4n) is 4.32. The molecule has 0 saturated carbocycles. The van der Waals surface area contributed by atoms with E-state index < -0.39 is 0 Å². The van der Waals surface area contributed by atoms with Gasteiger partial charge in [-0.1, -0.05) is 48.5 Å². The van der Waals surface area contributed by atoms with Gasteiger partial charge in [-0.2, -0.15) is 0 Å². The SMILES string of the molecule is CC1C(NC(=O)c2ccc(OCc3ccccc3)cc2)C(N)CCCN1c1ccccc1. The van der Waals surface area contributed by atoms with Crippen molar-refractivity contribution in [1.29, 1.82) is 0 Å². The zero-order chi connectivity index (χ0) is 22.3. The number of carbonyl (C=O) groups is 1. The van der Waals surface area contributed by atoms with Crippen LogP contribution in [0.1, 0.15) is 35.7 Å². The van der Waals surface area contributed by atoms with Crippen LogP contribution in [-0.4, -0.2) is 30.6 Å². The third-order valence-electron chi connectivity index (χ3n) is 6.16. The molecule has 0 radical (unpaired) electrons. The van der Waals surface area contributed by atoms with Crippen molar-refractivity contribution in [3.05, 3.63) is 96.1 Å². The maximum absolute atomic E-state index is 13.0. The third kappa shape index (κ3) is 5.29. The number of benzene rings is 3. The summed E-state index contributed by atoms with van der Waals surface area (Å²) in [7, 11) is 0. The molecule has 0 spiro atoms. The molecule has 1 heterocycles. The normalized spacial score (nSPS) is 20.9. The first kappa shape index (κ1) is 21.9. The largest absolute Gasteiger partial charge is 0.489 e. The molecule has 3 unspecified atom stereocenters. The lowest BCUT2D eigenvalue weighted by Gasteiger charge is -2.36. The van der Waals surface area contributed by atoms with Crippen LogP contribution in [0.4, 0.5) is 5.69 Å². The summed E-state index contributed by atoms with van der Waals surface area (Å²) < 4.78 is 5.83. The maximum Gasteiger partial charge on any atom is 0.251 e. The smallest absolute Gasteiger partial charge is 0.251 e. The van der Waals surface area contributed by atoms with E-state index in [4.69, 9.17) is 10.5 Å². The molecule has 3 aromatic rings. The number of para-hydroxylation sites is 1. The molecule has 0 aromatic heterocycles. The van der Waals surface area contributed by atoms with Crippen LogP contribution in [0.2, 0.25) is 0 Å². The van der Waals surface area contributed by atoms with Crippen LogP contribution in [0.3, 0.4) is 0 Å². The van der Waals surface area contributed by atoms with Crippen LogP contribution in [0.5, 0.6) is 5.75 Å². The average molecular weight is 430 g/mol. The molecular formula is C27H31N3O2. The van der Waals surface area contributed by atoms with E-state index in [9.17, 15) is 4.79 Å². The number of nitrogens with two attached hydrogens (primary N) is 1. The summed E-state index contributed by atoms with van der Waals surface area (Å²) in [6, 6.07) is 27.5. The Hall–Kier alpha value is -3.31. The summed E-state index contributed by atoms with van der Waals surface area (Å²) >= 11 is 0. The lowest BCUT2D eigenvalue weighted by molar-refractivity contribution is 0.0925. The van der Waals surface area contributed by atoms with E-state index in [2.05, 4.69) is 29.3 Å². The van der Waals surface area contributed by atoms with Gasteiger partial charge < -0.3 is 20.7 Å². The van der Waals surface area contributed by atoms with E-state index in [1.165, 1.54) is 0 Å². The highest BCUT2D eigenvalue weighted by Gasteiger charge is 2.33. The van der Waals surface area contributed by atoms with E-state index >= 15 is 0 Å². The van der Waals surface area contributed by atoms with Crippen molar-refractivity contribution in [3.63, 3.8) is 0 Å². The number of ether oxygens (including phenoxy) is 1. The number of amides is 1. The molecule has 0 aliphatic carbocycles. The second-order valence-corrected chi connectivity index (χ2v) is 8.37. The van der Waals surface area contributed by atoms with E-state index in [0.717, 1.165) is 36.4 Å². The zero-order valence-corrected chi connectivity index (χ0v) is 18.5. The molecular weight excluding hydrogens is 398 g/mol. The molecule has 3 aromatic carbocycles. The van der Waals surface area contributed by atoms with Crippen molar-refractivity contribution in [3.8, 4) is 5.75 Å². The van der Waals surface area contributed by atoms with Crippen molar-refractivity contribution >= 4 is 11.6 Å². The van der Waals surface area contributed by atoms with Crippen molar-refractivity contribution < 1.29 is 9.53 Å². The maximum atomic E-state index is 13.0. The molecule has 3 N–H and O–H groups in total. The van der Waals surface area contributed by atoms with Gasteiger partial charge in [0.1, 0.15) is 12.4 Å². The van der Waals surface area contributed by atoms with Gasteiger partial charge in [-0.25, -0.2) is 0 Å². The second-order valence-electron chi connectivity index (χ2n) is 8.37. The first-order valence-electron chi connectivity index (χ1n) is 11.3. The van der Waals surface area contributed by atoms with Gasteiger partial charge in [0.05, 0.1) is 6.04 Å². The molecule has 1 aliphatic rings. The minimum atomic E-state index is -0.140. The Kier molecular flexibility index (Phi) is 7.07. The fourth-order valence-corrected chi connectivity index (χ4v) is 4.32. The molecule has 1 fully saturated rings. The van der Waals surface area contributed by atoms with Gasteiger partial charge in [0.2, 0.25) is 0 Å². The number of hydrogen-bond acceptors (Lipinski definition) is 4. The highest BCUT2D eigenvalue weighted by molar-refractivity contribution is 5.94. The Morgan fingerprint density at radius 3 is 2.34 bits per heavy atom. The average Bonchev–Trinajstić information content (AvgIpc) is 2.97. The standard InChI is InChI=1S/C27H31N3O2/c1-20-26(25(28)13-8-18-30(20)23-11-6-3-7-12-23)29-27(31)22-14-16-24(17-15-22)32-19-21-9-4-2-5-10-21/h2-7,9-12,14-17,20,25-26H,8,13,18-19,28H2,1H3,(H,29,31). The van der Waals surface area contributed by atoms with Crippen LogP contribution in [0, 0.1) is 0 Å². The van der Waals surface area contributed by atoms with Crippen molar-refractivity contribution in [1.82, 2.24) is 5.32 Å². The molecule has 166 valence electrons. The number of rotatable bonds is 6. The Labute approximate surface area is 190 Å². The Morgan fingerprint density at radius 2 is 1.66 bits per heavy atom. The van der Waals surface area contributed by atoms with Gasteiger partial charge >= 0.3 is 0 Å². The number of nitrogens with zero attached hydrogens (tertiary/aromatic N) is 1. The summed E-state index contributed by atoms with van der Waals surface area (Å²) in [5.74, 6) is 0.627. The molecule has 1 amide bonds. The monoisotopic (exact) mass is 429 g/mol. The molecule has 1 saturated heterocycles. The van der Waals surface area contributed by atoms with Crippen LogP contribution in [-0.2, 0) is 6.61 Å². The summed E-state index contributed by atoms with van der Waals surface area (Å²) in [4.78, 5) is 15.4. The summed E-state index contributed by atoms with van der Waals surface area (Å²) in [5.41, 5.74) is 9.36. The topological polar surface area (TPSA) is 67.6 Å². The Morgan fingerprint density at radius 1 is 1.00 bits per heavy atom. The lowest BCUT2D eigenvalue weighted by atomic mass is 9.98. The quantitative estimate of drug-likeness (QED) is 0.610. The van der Waals surface area contributed by atoms with Gasteiger partial charge in [0.25, 0.3) is 5.91 Å². The molecule has 3 atom stereocenters. The minimum Gasteiger partial charge on any atom is -0.489 e. The first-order valence-corrected chi connectivity index (χ1v) is 11.3. The third-order valence-corrected chi connectivity index (χ3v) is 6.16. The summed E-state index contributed by atoms with van der Waals surface area (Å²) in [6.45, 7) is 3.57. The Bertz CT molecular complexity index is 992. The van der Waals surface area contributed by atoms with Crippen LogP contribution >= 0.6 is 0 Å². The Balaban J connectivity index is 1.41. The highest BCUT2D eigenvalue weighted by Crippen LogP contribution is 2.24. The molecule has 32 heavy (non-hydrogen) atoms. The van der Waals surface area contributed by atoms with E-state index in [0.29, 0.717) is 12.2 Å². The minimum absolute atomic E-state index is 0.0869. The van der Waals surface area contributed by atoms with Gasteiger partial charge in [-0.3, -0.25) is 4.79 Å². The fraction of sp³-hybridized carbons (Fsp3) is 0.296. The number of carbonyl (C=O) groups excluding carboxylic acids is 1. The van der Waals surface area contributed by atoms with Crippen LogP contribution < -0.4 is 20.7 Å². The van der Waals surface area contributed by atoms with Crippen LogP contribution in [0.25, 0.3) is 0 Å². The molecule has 0 bridgehead atoms. The van der Waals surface area contributed by atoms with E-state index in [1.54, 1.807) is 12.1 Å². The molecule has 5 heteroatoms. The van der Waals surface area contributed by atoms with Gasteiger partial charge in [0, 0.05) is 29.9 Å². The van der Waals surface area contributed by atoms with Gasteiger partial charge in [-0.05, 0) is 61.7 Å². The lowest BCUT2D eigenvalue weighted by Crippen LogP contribution is -2.57. The highest BCUT2D eigenvalue weighted by atomic mass is 16.5. The van der Waals surface area contributed by atoms with Crippen molar-refractivity contribution in [2.75, 3.05) is 11.4 Å². The predicted molar refractivity (Wildman–Crippen MR) is 129 cm³/mol. The predicted octanol–water partition coefficient (Wildman–Crippen LogP) is 4.38. The molecule has 4 rings (SSSR count). The van der Waals surface area contributed by atoms with Crippen molar-refractivity contribution in [2.24, 2.45) is 5.73 Å². The zero-order valence-electron chi connectivity index (χ0n) is 18.5. The van der Waals surface area contributed by atoms with Gasteiger partial charge in [0.15, 0.2) is 0 Å². The van der Waals surface area contributed by atoms with Crippen LogP contribution in [0.15, 0.2) is 84.9 Å². The summed E-state index contributed by atoms with van der Waals surface area (Å²) in [6.07, 6.45) is 1.88. The molecule has 5 nitrogen and oxygen atoms in total. The number of hydrogen-bond donors (Lipinski definition) is 2. The number of nitrogens with one attached hydrogen (secondary N) is 1. The van der Waals surface area contributed by atoms with E-state index in [1.807, 2.05) is 60.7 Å². The van der Waals surface area contributed by atoms with Crippen molar-refractivity contribution in [2.45, 2.75) is 44.5 Å². The molecule has 1 aliphatic heterocycles. The number of anilines is 1. The summed E-state index contributed by atoms with van der Waals surface area (Å²) in [5, 5.41) is 3.21.